The summed E-state index contributed by atoms with van der Waals surface area (Å²) in [5.74, 6) is -2.89. The molecule has 1 saturated heterocycles. The van der Waals surface area contributed by atoms with Crippen molar-refractivity contribution in [1.29, 1.82) is 0 Å². The van der Waals surface area contributed by atoms with Gasteiger partial charge in [0.15, 0.2) is 5.79 Å². The molecule has 45 heavy (non-hydrogen) atoms. The van der Waals surface area contributed by atoms with Crippen LogP contribution in [0.4, 0.5) is 0 Å². The Hall–Kier alpha value is -2.01. The summed E-state index contributed by atoms with van der Waals surface area (Å²) in [7, 11) is 6.24. The lowest BCUT2D eigenvalue weighted by molar-refractivity contribution is -0.335. The van der Waals surface area contributed by atoms with Crippen LogP contribution in [-0.4, -0.2) is 87.0 Å². The molecule has 2 aliphatic heterocycles. The van der Waals surface area contributed by atoms with Crippen LogP contribution in [0.1, 0.15) is 74.7 Å². The number of methoxy groups -OCH3 is 4. The molecule has 0 spiro atoms. The third kappa shape index (κ3) is 9.75. The number of hydrogen-bond acceptors (Lipinski definition) is 9. The van der Waals surface area contributed by atoms with Crippen LogP contribution in [0.15, 0.2) is 47.3 Å². The number of aliphatic hydroxyl groups is 2. The van der Waals surface area contributed by atoms with E-state index in [2.05, 4.69) is 13.8 Å². The van der Waals surface area contributed by atoms with E-state index < -0.39 is 48.0 Å². The Labute approximate surface area is 271 Å². The Morgan fingerprint density at radius 1 is 1.09 bits per heavy atom. The first-order valence-corrected chi connectivity index (χ1v) is 16.3. The number of aliphatic hydroxyl groups excluding tert-OH is 2. The molecule has 0 aromatic carbocycles. The van der Waals surface area contributed by atoms with Crippen molar-refractivity contribution in [3.63, 3.8) is 0 Å². The maximum atomic E-state index is 13.6. The van der Waals surface area contributed by atoms with E-state index >= 15 is 0 Å². The Bertz CT molecular complexity index is 1050. The van der Waals surface area contributed by atoms with E-state index in [-0.39, 0.29) is 35.7 Å². The van der Waals surface area contributed by atoms with Crippen LogP contribution in [0, 0.1) is 29.6 Å². The summed E-state index contributed by atoms with van der Waals surface area (Å²) in [4.78, 5) is 13.6. The van der Waals surface area contributed by atoms with Gasteiger partial charge in [-0.15, -0.1) is 0 Å². The third-order valence-electron chi connectivity index (χ3n) is 9.91. The third-order valence-corrected chi connectivity index (χ3v) is 9.91. The van der Waals surface area contributed by atoms with Gasteiger partial charge in [-0.1, -0.05) is 77.0 Å². The number of allylic oxidation sites excluding steroid dienone is 5. The van der Waals surface area contributed by atoms with Crippen molar-refractivity contribution in [3.05, 3.63) is 47.3 Å². The van der Waals surface area contributed by atoms with Gasteiger partial charge in [0.05, 0.1) is 31.5 Å². The number of ether oxygens (including phenoxy) is 6. The highest BCUT2D eigenvalue weighted by Crippen LogP contribution is 2.43. The molecule has 2 rings (SSSR count). The summed E-state index contributed by atoms with van der Waals surface area (Å²) in [6.07, 6.45) is 7.73. The molecular formula is C36H60O9. The van der Waals surface area contributed by atoms with E-state index in [1.165, 1.54) is 7.11 Å². The van der Waals surface area contributed by atoms with Crippen molar-refractivity contribution in [2.45, 2.75) is 117 Å². The molecule has 9 heteroatoms. The predicted molar refractivity (Wildman–Crippen MR) is 175 cm³/mol. The van der Waals surface area contributed by atoms with Crippen LogP contribution in [0.5, 0.6) is 0 Å². The molecule has 2 N–H and O–H groups in total. The fraction of sp³-hybridized carbons (Fsp3) is 0.750. The quantitative estimate of drug-likeness (QED) is 0.305. The fourth-order valence-electron chi connectivity index (χ4n) is 6.88. The Morgan fingerprint density at radius 2 is 1.76 bits per heavy atom. The molecule has 0 aromatic heterocycles. The van der Waals surface area contributed by atoms with Crippen LogP contribution in [0.25, 0.3) is 0 Å². The van der Waals surface area contributed by atoms with Gasteiger partial charge in [0.1, 0.15) is 12.2 Å². The number of rotatable bonds is 9. The van der Waals surface area contributed by atoms with Gasteiger partial charge in [0.2, 0.25) is 5.76 Å². The molecule has 2 aliphatic rings. The highest BCUT2D eigenvalue weighted by atomic mass is 16.7. The first kappa shape index (κ1) is 39.2. The molecule has 0 aromatic rings. The van der Waals surface area contributed by atoms with E-state index in [9.17, 15) is 15.0 Å². The first-order valence-electron chi connectivity index (χ1n) is 16.3. The maximum absolute atomic E-state index is 13.6. The zero-order chi connectivity index (χ0) is 34.1. The number of carbonyl (C=O) groups is 1. The van der Waals surface area contributed by atoms with Crippen molar-refractivity contribution in [3.8, 4) is 0 Å². The number of esters is 1. The number of carbonyl (C=O) groups excluding carboxylic acids is 1. The smallest absolute Gasteiger partial charge is 0.373 e. The Kier molecular flexibility index (Phi) is 15.5. The summed E-state index contributed by atoms with van der Waals surface area (Å²) in [6, 6.07) is 0. The molecule has 258 valence electrons. The molecule has 0 aliphatic carbocycles. The molecular weight excluding hydrogens is 576 g/mol. The molecule has 9 nitrogen and oxygen atoms in total. The lowest BCUT2D eigenvalue weighted by atomic mass is 9.77. The molecule has 0 amide bonds. The second kappa shape index (κ2) is 17.8. The van der Waals surface area contributed by atoms with E-state index in [0.29, 0.717) is 12.8 Å². The molecule has 0 unspecified atom stereocenters. The SMILES string of the molecule is CC[C@@H]1O[C@](OC)([C@H](C)[C@@H](O)[C@@H](C)[C@@H]2OC(=O)/C(OC)=C\C(C)=C\[C@H](C)[C@H](O)[C@@H](C)C/C(C)=C/C=C/[C@@H]2OC)C[C@H](OC)[C@H]1C. The van der Waals surface area contributed by atoms with E-state index in [1.54, 1.807) is 27.4 Å². The van der Waals surface area contributed by atoms with Gasteiger partial charge >= 0.3 is 5.97 Å². The largest absolute Gasteiger partial charge is 0.490 e. The van der Waals surface area contributed by atoms with Crippen molar-refractivity contribution >= 4 is 5.97 Å². The van der Waals surface area contributed by atoms with Gasteiger partial charge in [0, 0.05) is 51.4 Å². The van der Waals surface area contributed by atoms with Crippen LogP contribution in [-0.2, 0) is 33.2 Å². The minimum atomic E-state index is -1.11. The van der Waals surface area contributed by atoms with Gasteiger partial charge < -0.3 is 38.6 Å². The average Bonchev–Trinajstić information content (AvgIpc) is 3.02. The number of hydrogen-bond donors (Lipinski definition) is 2. The summed E-state index contributed by atoms with van der Waals surface area (Å²) >= 11 is 0. The summed E-state index contributed by atoms with van der Waals surface area (Å²) in [6.45, 7) is 15.8. The lowest BCUT2D eigenvalue weighted by Crippen LogP contribution is -2.59. The van der Waals surface area contributed by atoms with Gasteiger partial charge in [-0.2, -0.15) is 0 Å². The highest BCUT2D eigenvalue weighted by molar-refractivity contribution is 5.87. The van der Waals surface area contributed by atoms with Crippen molar-refractivity contribution < 1.29 is 43.4 Å². The van der Waals surface area contributed by atoms with Crippen molar-refractivity contribution in [1.82, 2.24) is 0 Å². The standard InChI is InChI=1S/C36H60O9/c1-13-28-25(6)31(42-11)20-36(43-12,45-28)27(8)33(38)26(7)34-29(40-9)16-14-15-21(2)17-23(4)32(37)24(5)18-22(3)19-30(41-10)35(39)44-34/h14-16,18-19,23-29,31-34,37-38H,13,17,20H2,1-12H3/b16-14+,21-15+,22-18+,30-19+/t23-,24-,25-,26+,27+,28-,29-,31-,32+,33-,34-,36-/m0/s1. The Balaban J connectivity index is 2.56. The summed E-state index contributed by atoms with van der Waals surface area (Å²) < 4.78 is 35.9. The molecule has 2 heterocycles. The molecule has 0 bridgehead atoms. The van der Waals surface area contributed by atoms with Crippen LogP contribution >= 0.6 is 0 Å². The fourth-order valence-corrected chi connectivity index (χ4v) is 6.88. The zero-order valence-corrected chi connectivity index (χ0v) is 29.6. The first-order chi connectivity index (χ1) is 21.2. The lowest BCUT2D eigenvalue weighted by Gasteiger charge is -2.51. The highest BCUT2D eigenvalue weighted by Gasteiger charge is 2.52. The van der Waals surface area contributed by atoms with Crippen LogP contribution < -0.4 is 0 Å². The monoisotopic (exact) mass is 636 g/mol. The minimum Gasteiger partial charge on any atom is -0.490 e. The molecule has 0 saturated carbocycles. The van der Waals surface area contributed by atoms with Crippen LogP contribution in [0.2, 0.25) is 0 Å². The minimum absolute atomic E-state index is 0.00609. The normalized spacial score (nSPS) is 40.4. The molecule has 12 atom stereocenters. The van der Waals surface area contributed by atoms with Crippen molar-refractivity contribution in [2.24, 2.45) is 29.6 Å². The van der Waals surface area contributed by atoms with Gasteiger partial charge in [-0.25, -0.2) is 4.79 Å². The number of cyclic esters (lactones) is 1. The van der Waals surface area contributed by atoms with Gasteiger partial charge in [0.25, 0.3) is 0 Å². The van der Waals surface area contributed by atoms with Crippen molar-refractivity contribution in [2.75, 3.05) is 28.4 Å². The second-order valence-corrected chi connectivity index (χ2v) is 13.2. The topological polar surface area (TPSA) is 113 Å². The molecule has 0 radical (unpaired) electrons. The average molecular weight is 637 g/mol. The summed E-state index contributed by atoms with van der Waals surface area (Å²) in [5, 5.41) is 22.9. The van der Waals surface area contributed by atoms with E-state index in [4.69, 9.17) is 28.4 Å². The van der Waals surface area contributed by atoms with Gasteiger partial charge in [-0.05, 0) is 38.7 Å². The van der Waals surface area contributed by atoms with E-state index in [1.807, 2.05) is 65.8 Å². The van der Waals surface area contributed by atoms with Gasteiger partial charge in [-0.3, -0.25) is 0 Å². The maximum Gasteiger partial charge on any atom is 0.373 e. The molecule has 1 fully saturated rings. The van der Waals surface area contributed by atoms with E-state index in [0.717, 1.165) is 17.6 Å². The summed E-state index contributed by atoms with van der Waals surface area (Å²) in [5.41, 5.74) is 1.85. The second-order valence-electron chi connectivity index (χ2n) is 13.2. The Morgan fingerprint density at radius 3 is 2.31 bits per heavy atom. The predicted octanol–water partition coefficient (Wildman–Crippen LogP) is 5.75. The van der Waals surface area contributed by atoms with Crippen LogP contribution in [0.3, 0.4) is 0 Å². The zero-order valence-electron chi connectivity index (χ0n) is 29.6.